The highest BCUT2D eigenvalue weighted by molar-refractivity contribution is 6.06. The second-order valence-corrected chi connectivity index (χ2v) is 7.19. The summed E-state index contributed by atoms with van der Waals surface area (Å²) >= 11 is 0. The van der Waals surface area contributed by atoms with Crippen LogP contribution in [0.2, 0.25) is 0 Å². The average molecular weight is 328 g/mol. The maximum Gasteiger partial charge on any atom is 0.272 e. The number of carbonyl (C=O) groups is 1. The molecule has 0 spiro atoms. The van der Waals surface area contributed by atoms with E-state index in [0.717, 1.165) is 12.8 Å². The van der Waals surface area contributed by atoms with E-state index in [2.05, 4.69) is 22.4 Å². The molecule has 6 nitrogen and oxygen atoms in total. The molecule has 1 aromatic heterocycles. The van der Waals surface area contributed by atoms with Crippen LogP contribution in [0.15, 0.2) is 18.2 Å². The van der Waals surface area contributed by atoms with E-state index in [0.29, 0.717) is 28.7 Å². The van der Waals surface area contributed by atoms with Gasteiger partial charge in [0.1, 0.15) is 11.3 Å². The molecule has 0 aliphatic carbocycles. The van der Waals surface area contributed by atoms with Crippen molar-refractivity contribution in [2.24, 2.45) is 7.05 Å². The van der Waals surface area contributed by atoms with Gasteiger partial charge < -0.3 is 15.3 Å². The number of benzene rings is 1. The van der Waals surface area contributed by atoms with Crippen LogP contribution in [0.4, 0.5) is 0 Å². The van der Waals surface area contributed by atoms with Gasteiger partial charge in [-0.2, -0.15) is 5.10 Å². The van der Waals surface area contributed by atoms with Crippen molar-refractivity contribution in [3.8, 4) is 5.75 Å². The van der Waals surface area contributed by atoms with Gasteiger partial charge in [-0.1, -0.05) is 18.6 Å². The highest BCUT2D eigenvalue weighted by Gasteiger charge is 2.36. The topological polar surface area (TPSA) is 70.4 Å². The minimum absolute atomic E-state index is 0.140. The van der Waals surface area contributed by atoms with Crippen LogP contribution >= 0.6 is 0 Å². The van der Waals surface area contributed by atoms with Crippen LogP contribution in [0.3, 0.4) is 0 Å². The fourth-order valence-electron chi connectivity index (χ4n) is 4.47. The van der Waals surface area contributed by atoms with E-state index >= 15 is 0 Å². The summed E-state index contributed by atoms with van der Waals surface area (Å²) in [5, 5.41) is 18.2. The van der Waals surface area contributed by atoms with Crippen molar-refractivity contribution in [3.05, 3.63) is 23.9 Å². The number of fused-ring (bicyclic) bond motifs is 3. The van der Waals surface area contributed by atoms with Gasteiger partial charge >= 0.3 is 0 Å². The average Bonchev–Trinajstić information content (AvgIpc) is 2.87. The summed E-state index contributed by atoms with van der Waals surface area (Å²) in [7, 11) is 3.96. The van der Waals surface area contributed by atoms with E-state index in [9.17, 15) is 9.90 Å². The van der Waals surface area contributed by atoms with E-state index < -0.39 is 0 Å². The number of aryl methyl sites for hydroxylation is 1. The van der Waals surface area contributed by atoms with Crippen LogP contribution in [0, 0.1) is 0 Å². The van der Waals surface area contributed by atoms with Gasteiger partial charge in [0.25, 0.3) is 5.91 Å². The molecule has 1 aromatic carbocycles. The summed E-state index contributed by atoms with van der Waals surface area (Å²) in [6.07, 6.45) is 5.76. The molecular formula is C18H24N4O2. The second kappa shape index (κ2) is 5.77. The van der Waals surface area contributed by atoms with E-state index in [1.54, 1.807) is 23.9 Å². The molecule has 2 bridgehead atoms. The number of amides is 1. The van der Waals surface area contributed by atoms with Crippen molar-refractivity contribution in [2.75, 3.05) is 7.05 Å². The lowest BCUT2D eigenvalue weighted by Crippen LogP contribution is -2.55. The number of carbonyl (C=O) groups excluding carboxylic acids is 1. The zero-order valence-electron chi connectivity index (χ0n) is 14.2. The molecule has 2 saturated heterocycles. The van der Waals surface area contributed by atoms with Crippen LogP contribution in [0.5, 0.6) is 5.75 Å². The predicted molar refractivity (Wildman–Crippen MR) is 92.1 cm³/mol. The number of phenols is 1. The minimum Gasteiger partial charge on any atom is -0.506 e. The zero-order valence-corrected chi connectivity index (χ0v) is 14.2. The number of piperidine rings is 2. The number of aromatic hydroxyl groups is 1. The lowest BCUT2D eigenvalue weighted by molar-refractivity contribution is 0.0462. The Bertz CT molecular complexity index is 771. The Kier molecular flexibility index (Phi) is 3.72. The van der Waals surface area contributed by atoms with E-state index in [1.807, 2.05) is 6.07 Å². The van der Waals surface area contributed by atoms with Crippen molar-refractivity contribution in [1.29, 1.82) is 0 Å². The van der Waals surface area contributed by atoms with Gasteiger partial charge in [-0.05, 0) is 38.8 Å². The summed E-state index contributed by atoms with van der Waals surface area (Å²) < 4.78 is 1.57. The van der Waals surface area contributed by atoms with Crippen LogP contribution in [0.1, 0.15) is 42.6 Å². The van der Waals surface area contributed by atoms with Gasteiger partial charge in [0.2, 0.25) is 0 Å². The minimum atomic E-state index is -0.140. The molecule has 2 fully saturated rings. The van der Waals surface area contributed by atoms with Gasteiger partial charge in [-0.25, -0.2) is 0 Å². The number of nitrogens with zero attached hydrogens (tertiary/aromatic N) is 3. The molecule has 2 aliphatic rings. The van der Waals surface area contributed by atoms with Gasteiger partial charge in [0.15, 0.2) is 5.69 Å². The standard InChI is InChI=1S/C18H24N4O2/c1-21-12-5-3-6-13(21)10-11(9-12)19-18(24)16-14-7-4-8-15(23)17(14)22(2)20-16/h4,7-8,11-13,23H,3,5-6,9-10H2,1-2H3,(H,19,24)/t11?,12-,13+. The molecule has 0 radical (unpaired) electrons. The first-order valence-electron chi connectivity index (χ1n) is 8.72. The SMILES string of the molecule is CN1[C@@H]2CCC[C@H]1CC(NC(=O)c1nn(C)c3c(O)cccc13)C2. The molecule has 3 heterocycles. The third kappa shape index (κ3) is 2.45. The summed E-state index contributed by atoms with van der Waals surface area (Å²) in [4.78, 5) is 15.3. The molecule has 4 rings (SSSR count). The summed E-state index contributed by atoms with van der Waals surface area (Å²) in [5.41, 5.74) is 0.996. The fraction of sp³-hybridized carbons (Fsp3) is 0.556. The van der Waals surface area contributed by atoms with Gasteiger partial charge in [-0.3, -0.25) is 9.48 Å². The Labute approximate surface area is 141 Å². The van der Waals surface area contributed by atoms with Crippen LogP contribution in [0.25, 0.3) is 10.9 Å². The quantitative estimate of drug-likeness (QED) is 0.885. The van der Waals surface area contributed by atoms with Crippen molar-refractivity contribution in [2.45, 2.75) is 50.2 Å². The zero-order chi connectivity index (χ0) is 16.8. The largest absolute Gasteiger partial charge is 0.506 e. The summed E-state index contributed by atoms with van der Waals surface area (Å²) in [5.74, 6) is 0.00852. The number of hydrogen-bond donors (Lipinski definition) is 2. The molecule has 0 saturated carbocycles. The number of para-hydroxylation sites is 1. The van der Waals surface area contributed by atoms with E-state index in [-0.39, 0.29) is 17.7 Å². The van der Waals surface area contributed by atoms with Crippen molar-refractivity contribution in [3.63, 3.8) is 0 Å². The number of hydrogen-bond acceptors (Lipinski definition) is 4. The summed E-state index contributed by atoms with van der Waals surface area (Å²) in [6.45, 7) is 0. The Morgan fingerprint density at radius 2 is 1.96 bits per heavy atom. The highest BCUT2D eigenvalue weighted by Crippen LogP contribution is 2.33. The Morgan fingerprint density at radius 1 is 1.25 bits per heavy atom. The van der Waals surface area contributed by atoms with Gasteiger partial charge in [0, 0.05) is 30.6 Å². The lowest BCUT2D eigenvalue weighted by Gasteiger charge is -2.47. The molecule has 2 N–H and O–H groups in total. The van der Waals surface area contributed by atoms with Crippen molar-refractivity contribution < 1.29 is 9.90 Å². The van der Waals surface area contributed by atoms with E-state index in [1.165, 1.54) is 19.3 Å². The predicted octanol–water partition coefficient (Wildman–Crippen LogP) is 2.02. The maximum atomic E-state index is 12.8. The molecule has 3 atom stereocenters. The molecule has 6 heteroatoms. The molecule has 1 amide bonds. The second-order valence-electron chi connectivity index (χ2n) is 7.19. The molecule has 2 aromatic rings. The maximum absolute atomic E-state index is 12.8. The number of nitrogens with one attached hydrogen (secondary N) is 1. The van der Waals surface area contributed by atoms with Crippen molar-refractivity contribution in [1.82, 2.24) is 20.0 Å². The van der Waals surface area contributed by atoms with Crippen LogP contribution < -0.4 is 5.32 Å². The first-order chi connectivity index (χ1) is 11.5. The van der Waals surface area contributed by atoms with Crippen LogP contribution in [-0.2, 0) is 7.05 Å². The molecule has 2 aliphatic heterocycles. The Morgan fingerprint density at radius 3 is 2.67 bits per heavy atom. The lowest BCUT2D eigenvalue weighted by atomic mass is 9.82. The first kappa shape index (κ1) is 15.4. The molecule has 128 valence electrons. The van der Waals surface area contributed by atoms with Crippen LogP contribution in [-0.4, -0.2) is 50.9 Å². The Balaban J connectivity index is 1.56. The fourth-order valence-corrected chi connectivity index (χ4v) is 4.47. The number of aromatic nitrogens is 2. The van der Waals surface area contributed by atoms with Gasteiger partial charge in [-0.15, -0.1) is 0 Å². The van der Waals surface area contributed by atoms with E-state index in [4.69, 9.17) is 0 Å². The molecular weight excluding hydrogens is 304 g/mol. The normalized spacial score (nSPS) is 27.3. The number of phenolic OH excluding ortho intramolecular Hbond substituents is 1. The third-order valence-corrected chi connectivity index (χ3v) is 5.73. The van der Waals surface area contributed by atoms with Crippen molar-refractivity contribution >= 4 is 16.8 Å². The molecule has 1 unspecified atom stereocenters. The van der Waals surface area contributed by atoms with Gasteiger partial charge in [0.05, 0.1) is 0 Å². The first-order valence-corrected chi connectivity index (χ1v) is 8.72. The highest BCUT2D eigenvalue weighted by atomic mass is 16.3. The number of rotatable bonds is 2. The smallest absolute Gasteiger partial charge is 0.272 e. The third-order valence-electron chi connectivity index (χ3n) is 5.73. The monoisotopic (exact) mass is 328 g/mol. The Hall–Kier alpha value is -2.08. The summed E-state index contributed by atoms with van der Waals surface area (Å²) in [6, 6.07) is 6.55. The molecule has 24 heavy (non-hydrogen) atoms.